The number of anilines is 1. The first-order chi connectivity index (χ1) is 13.5. The van der Waals surface area contributed by atoms with Crippen LogP contribution in [-0.2, 0) is 5.41 Å². The Morgan fingerprint density at radius 2 is 1.86 bits per heavy atom. The lowest BCUT2D eigenvalue weighted by atomic mass is 9.58. The van der Waals surface area contributed by atoms with Crippen LogP contribution in [-0.4, -0.2) is 67.4 Å². The van der Waals surface area contributed by atoms with Crippen molar-refractivity contribution in [2.24, 2.45) is 11.8 Å². The molecule has 2 aliphatic carbocycles. The van der Waals surface area contributed by atoms with Gasteiger partial charge in [0.1, 0.15) is 0 Å². The molecule has 4 aliphatic rings. The number of carbonyl (C=O) groups is 1. The molecule has 0 aromatic heterocycles. The summed E-state index contributed by atoms with van der Waals surface area (Å²) in [7, 11) is 0. The number of piperidine rings is 1. The van der Waals surface area contributed by atoms with E-state index in [-0.39, 0.29) is 11.5 Å². The number of fused-ring (bicyclic) bond motifs is 4. The van der Waals surface area contributed by atoms with Crippen molar-refractivity contribution in [1.29, 1.82) is 0 Å². The number of benzene rings is 1. The van der Waals surface area contributed by atoms with Crippen LogP contribution in [0.25, 0.3) is 0 Å². The minimum Gasteiger partial charge on any atom is -0.369 e. The topological polar surface area (TPSA) is 26.8 Å². The summed E-state index contributed by atoms with van der Waals surface area (Å²) in [6.07, 6.45) is 3.88. The summed E-state index contributed by atoms with van der Waals surface area (Å²) in [5.74, 6) is 1.62. The zero-order valence-corrected chi connectivity index (χ0v) is 17.8. The second kappa shape index (κ2) is 6.84. The molecule has 3 atom stereocenters. The third kappa shape index (κ3) is 2.91. The Morgan fingerprint density at radius 3 is 2.54 bits per heavy atom. The molecule has 1 aromatic rings. The van der Waals surface area contributed by atoms with E-state index in [1.165, 1.54) is 30.5 Å². The molecule has 4 nitrogen and oxygen atoms in total. The van der Waals surface area contributed by atoms with Gasteiger partial charge in [-0.05, 0) is 73.4 Å². The van der Waals surface area contributed by atoms with E-state index in [9.17, 15) is 4.79 Å². The Bertz CT molecular complexity index is 765. The number of nitrogens with zero attached hydrogens (tertiary/aromatic N) is 3. The van der Waals surface area contributed by atoms with E-state index in [0.717, 1.165) is 57.3 Å². The van der Waals surface area contributed by atoms with Gasteiger partial charge in [-0.3, -0.25) is 9.69 Å². The van der Waals surface area contributed by atoms with Crippen molar-refractivity contribution in [2.75, 3.05) is 50.7 Å². The minimum atomic E-state index is 0.0887. The van der Waals surface area contributed by atoms with Gasteiger partial charge in [0.25, 0.3) is 0 Å². The van der Waals surface area contributed by atoms with Gasteiger partial charge in [-0.1, -0.05) is 20.8 Å². The van der Waals surface area contributed by atoms with Crippen LogP contribution in [0.4, 0.5) is 5.69 Å². The summed E-state index contributed by atoms with van der Waals surface area (Å²) in [5, 5.41) is 0. The van der Waals surface area contributed by atoms with E-state index < -0.39 is 0 Å². The van der Waals surface area contributed by atoms with Gasteiger partial charge in [-0.25, -0.2) is 0 Å². The summed E-state index contributed by atoms with van der Waals surface area (Å²) < 4.78 is 0. The maximum absolute atomic E-state index is 13.5. The van der Waals surface area contributed by atoms with Crippen molar-refractivity contribution < 1.29 is 4.79 Å². The van der Waals surface area contributed by atoms with Gasteiger partial charge in [-0.2, -0.15) is 0 Å². The number of likely N-dealkylation sites (tertiary alicyclic amines) is 1. The summed E-state index contributed by atoms with van der Waals surface area (Å²) in [6.45, 7) is 14.8. The molecular weight excluding hydrogens is 346 g/mol. The van der Waals surface area contributed by atoms with E-state index in [1.807, 2.05) is 0 Å². The second-order valence-corrected chi connectivity index (χ2v) is 9.85. The summed E-state index contributed by atoms with van der Waals surface area (Å²) in [5.41, 5.74) is 3.76. The van der Waals surface area contributed by atoms with Gasteiger partial charge < -0.3 is 9.80 Å². The molecule has 4 heteroatoms. The van der Waals surface area contributed by atoms with Crippen LogP contribution in [0.2, 0.25) is 0 Å². The lowest BCUT2D eigenvalue weighted by molar-refractivity contribution is 0.0266. The van der Waals surface area contributed by atoms with Gasteiger partial charge in [-0.15, -0.1) is 0 Å². The normalized spacial score (nSPS) is 33.8. The molecule has 0 unspecified atom stereocenters. The predicted octanol–water partition coefficient (Wildman–Crippen LogP) is 3.40. The van der Waals surface area contributed by atoms with Crippen molar-refractivity contribution >= 4 is 11.5 Å². The molecule has 2 aliphatic heterocycles. The van der Waals surface area contributed by atoms with Crippen molar-refractivity contribution in [1.82, 2.24) is 9.80 Å². The highest BCUT2D eigenvalue weighted by atomic mass is 16.1. The third-order valence-electron chi connectivity index (χ3n) is 8.32. The molecule has 152 valence electrons. The first-order valence-electron chi connectivity index (χ1n) is 11.4. The van der Waals surface area contributed by atoms with Gasteiger partial charge in [0.2, 0.25) is 0 Å². The molecule has 2 heterocycles. The quantitative estimate of drug-likeness (QED) is 0.799. The van der Waals surface area contributed by atoms with Crippen molar-refractivity contribution in [3.8, 4) is 0 Å². The lowest BCUT2D eigenvalue weighted by Gasteiger charge is -2.54. The fourth-order valence-electron chi connectivity index (χ4n) is 5.91. The Hall–Kier alpha value is -1.39. The molecule has 1 saturated carbocycles. The van der Waals surface area contributed by atoms with E-state index in [0.29, 0.717) is 11.7 Å². The molecule has 1 aromatic carbocycles. The average molecular weight is 382 g/mol. The van der Waals surface area contributed by atoms with Gasteiger partial charge in [0, 0.05) is 44.0 Å². The largest absolute Gasteiger partial charge is 0.369 e. The molecule has 0 radical (unpaired) electrons. The average Bonchev–Trinajstić information content (AvgIpc) is 3.53. The predicted molar refractivity (Wildman–Crippen MR) is 114 cm³/mol. The highest BCUT2D eigenvalue weighted by molar-refractivity contribution is 6.04. The number of rotatable bonds is 4. The monoisotopic (exact) mass is 381 g/mol. The summed E-state index contributed by atoms with van der Waals surface area (Å²) in [4.78, 5) is 21.0. The van der Waals surface area contributed by atoms with Crippen molar-refractivity contribution in [3.05, 3.63) is 29.3 Å². The number of Topliss-reactive ketones (excluding diaryl/α,β-unsaturated/α-hetero) is 1. The lowest BCUT2D eigenvalue weighted by Crippen LogP contribution is -2.61. The van der Waals surface area contributed by atoms with Crippen molar-refractivity contribution in [2.45, 2.75) is 51.5 Å². The Morgan fingerprint density at radius 1 is 1.11 bits per heavy atom. The van der Waals surface area contributed by atoms with Crippen LogP contribution in [0.5, 0.6) is 0 Å². The van der Waals surface area contributed by atoms with Crippen LogP contribution in [0.15, 0.2) is 18.2 Å². The molecule has 28 heavy (non-hydrogen) atoms. The Balaban J connectivity index is 1.45. The third-order valence-corrected chi connectivity index (χ3v) is 8.32. The van der Waals surface area contributed by atoms with Gasteiger partial charge in [0.15, 0.2) is 5.78 Å². The number of ketones is 1. The maximum Gasteiger partial charge on any atom is 0.180 e. The number of hydrogen-bond acceptors (Lipinski definition) is 4. The molecule has 2 bridgehead atoms. The zero-order valence-electron chi connectivity index (χ0n) is 17.8. The van der Waals surface area contributed by atoms with E-state index in [1.54, 1.807) is 0 Å². The Kier molecular flexibility index (Phi) is 4.55. The highest BCUT2D eigenvalue weighted by Crippen LogP contribution is 2.50. The SMILES string of the molecule is CCN1CCN(c2ccc3c(c2)[C@@]2(C)CCN(CC4CC4)[C@H](C3=O)[C@@H]2C)CC1. The van der Waals surface area contributed by atoms with Crippen molar-refractivity contribution in [3.63, 3.8) is 0 Å². The van der Waals surface area contributed by atoms with Crippen LogP contribution in [0.3, 0.4) is 0 Å². The van der Waals surface area contributed by atoms with E-state index in [2.05, 4.69) is 53.7 Å². The Labute approximate surface area is 169 Å². The standard InChI is InChI=1S/C24H35N3O/c1-4-25-11-13-26(14-12-25)19-7-8-20-21(15-19)24(3)9-10-27(16-18-5-6-18)22(17(24)2)23(20)28/h7-8,15,17-18,22H,4-6,9-14,16H2,1-3H3/t17-,22-,24-/m0/s1. The fourth-order valence-corrected chi connectivity index (χ4v) is 5.91. The summed E-state index contributed by atoms with van der Waals surface area (Å²) in [6, 6.07) is 6.82. The first kappa shape index (κ1) is 18.6. The second-order valence-electron chi connectivity index (χ2n) is 9.85. The van der Waals surface area contributed by atoms with Crippen LogP contribution in [0.1, 0.15) is 56.0 Å². The first-order valence-corrected chi connectivity index (χ1v) is 11.4. The van der Waals surface area contributed by atoms with Gasteiger partial charge in [0.05, 0.1) is 6.04 Å². The van der Waals surface area contributed by atoms with E-state index >= 15 is 0 Å². The molecule has 5 rings (SSSR count). The molecule has 0 spiro atoms. The molecular formula is C24H35N3O. The summed E-state index contributed by atoms with van der Waals surface area (Å²) >= 11 is 0. The van der Waals surface area contributed by atoms with Crippen LogP contribution >= 0.6 is 0 Å². The maximum atomic E-state index is 13.5. The number of likely N-dealkylation sites (N-methyl/N-ethyl adjacent to an activating group) is 1. The van der Waals surface area contributed by atoms with Crippen LogP contribution in [0, 0.1) is 11.8 Å². The zero-order chi connectivity index (χ0) is 19.5. The van der Waals surface area contributed by atoms with Crippen LogP contribution < -0.4 is 4.90 Å². The number of piperazine rings is 1. The van der Waals surface area contributed by atoms with Gasteiger partial charge >= 0.3 is 0 Å². The molecule has 0 N–H and O–H groups in total. The number of hydrogen-bond donors (Lipinski definition) is 0. The molecule has 2 saturated heterocycles. The van der Waals surface area contributed by atoms with E-state index in [4.69, 9.17) is 0 Å². The minimum absolute atomic E-state index is 0.0887. The smallest absolute Gasteiger partial charge is 0.180 e. The molecule has 0 amide bonds. The molecule has 3 fully saturated rings. The fraction of sp³-hybridized carbons (Fsp3) is 0.708. The number of carbonyl (C=O) groups excluding carboxylic acids is 1. The highest BCUT2D eigenvalue weighted by Gasteiger charge is 2.53.